The number of rotatable bonds is 7. The van der Waals surface area contributed by atoms with E-state index < -0.39 is 12.0 Å². The van der Waals surface area contributed by atoms with Gasteiger partial charge in [-0.3, -0.25) is 14.8 Å². The van der Waals surface area contributed by atoms with Gasteiger partial charge < -0.3 is 16.6 Å². The van der Waals surface area contributed by atoms with E-state index >= 15 is 0 Å². The topological polar surface area (TPSA) is 125 Å². The third-order valence-corrected chi connectivity index (χ3v) is 5.32. The Bertz CT molecular complexity index is 505. The molecule has 2 unspecified atom stereocenters. The molecule has 0 spiro atoms. The van der Waals surface area contributed by atoms with E-state index in [2.05, 4.69) is 10.0 Å². The molecule has 1 saturated heterocycles. The number of hydrogen-bond donors (Lipinski definition) is 3. The fourth-order valence-corrected chi connectivity index (χ4v) is 4.29. The number of carboxylic acids is 1. The van der Waals surface area contributed by atoms with E-state index in [-0.39, 0.29) is 17.9 Å². The van der Waals surface area contributed by atoms with E-state index in [4.69, 9.17) is 11.5 Å². The Hall–Kier alpha value is -1.83. The number of aliphatic imine (C=N–C) groups is 1. The van der Waals surface area contributed by atoms with Crippen molar-refractivity contribution in [1.29, 1.82) is 0 Å². The minimum absolute atomic E-state index is 0.00335. The summed E-state index contributed by atoms with van der Waals surface area (Å²) in [6.07, 6.45) is 7.62. The van der Waals surface area contributed by atoms with Crippen LogP contribution in [0.1, 0.15) is 58.3 Å². The summed E-state index contributed by atoms with van der Waals surface area (Å²) in [5, 5.41) is 13.3. The van der Waals surface area contributed by atoms with E-state index in [9.17, 15) is 14.7 Å². The fraction of sp³-hybridized carbons (Fsp3) is 0.824. The van der Waals surface area contributed by atoms with Crippen molar-refractivity contribution in [2.75, 3.05) is 13.1 Å². The fourth-order valence-electron chi connectivity index (χ4n) is 4.29. The van der Waals surface area contributed by atoms with Gasteiger partial charge in [0.25, 0.3) is 0 Å². The molecule has 3 atom stereocenters. The number of carbonyl (C=O) groups is 2. The van der Waals surface area contributed by atoms with Gasteiger partial charge in [0.15, 0.2) is 5.96 Å². The Morgan fingerprint density at radius 3 is 2.56 bits per heavy atom. The van der Waals surface area contributed by atoms with Crippen molar-refractivity contribution in [3.63, 3.8) is 0 Å². The number of carbonyl (C=O) groups excluding carboxylic acids is 1. The number of amides is 1. The van der Waals surface area contributed by atoms with Crippen LogP contribution < -0.4 is 11.5 Å². The average Bonchev–Trinajstić information content (AvgIpc) is 2.56. The SMILES string of the molecule is CC(=O)N([C@@H](CCCN=C(N)N)C(=O)O)N1CCCC2CCCCC21. The van der Waals surface area contributed by atoms with Gasteiger partial charge in [0.05, 0.1) is 0 Å². The molecule has 0 aromatic carbocycles. The minimum Gasteiger partial charge on any atom is -0.480 e. The van der Waals surface area contributed by atoms with Crippen LogP contribution in [-0.2, 0) is 9.59 Å². The van der Waals surface area contributed by atoms with Crippen molar-refractivity contribution in [1.82, 2.24) is 10.0 Å². The number of nitrogens with zero attached hydrogens (tertiary/aromatic N) is 3. The van der Waals surface area contributed by atoms with Gasteiger partial charge in [0.1, 0.15) is 6.04 Å². The summed E-state index contributed by atoms with van der Waals surface area (Å²) in [6.45, 7) is 2.57. The largest absolute Gasteiger partial charge is 0.480 e. The average molecular weight is 353 g/mol. The van der Waals surface area contributed by atoms with Gasteiger partial charge in [-0.15, -0.1) is 0 Å². The van der Waals surface area contributed by atoms with Crippen molar-refractivity contribution in [2.24, 2.45) is 22.4 Å². The number of carboxylic acid groups (broad SMARTS) is 1. The minimum atomic E-state index is -0.974. The molecule has 0 radical (unpaired) electrons. The van der Waals surface area contributed by atoms with Crippen LogP contribution in [0.3, 0.4) is 0 Å². The first-order valence-corrected chi connectivity index (χ1v) is 9.26. The van der Waals surface area contributed by atoms with Crippen molar-refractivity contribution < 1.29 is 14.7 Å². The van der Waals surface area contributed by atoms with Crippen molar-refractivity contribution in [3.05, 3.63) is 0 Å². The molecule has 142 valence electrons. The lowest BCUT2D eigenvalue weighted by Crippen LogP contribution is -2.61. The van der Waals surface area contributed by atoms with E-state index in [1.54, 1.807) is 0 Å². The molecule has 0 bridgehead atoms. The third-order valence-electron chi connectivity index (χ3n) is 5.32. The first-order chi connectivity index (χ1) is 11.9. The standard InChI is InChI=1S/C17H31N5O3/c1-12(23)22(15(16(24)25)9-4-10-20-17(18)19)21-11-5-7-13-6-2-3-8-14(13)21/h13-15H,2-11H2,1H3,(H,24,25)(H4,18,19,20)/t13?,14?,15-/m0/s1. The van der Waals surface area contributed by atoms with E-state index in [0.29, 0.717) is 25.3 Å². The van der Waals surface area contributed by atoms with Gasteiger partial charge in [-0.1, -0.05) is 12.8 Å². The van der Waals surface area contributed by atoms with Crippen molar-refractivity contribution >= 4 is 17.8 Å². The zero-order chi connectivity index (χ0) is 18.4. The zero-order valence-electron chi connectivity index (χ0n) is 15.1. The molecule has 1 aliphatic carbocycles. The molecule has 5 N–H and O–H groups in total. The van der Waals surface area contributed by atoms with Gasteiger partial charge in [-0.25, -0.2) is 9.80 Å². The maximum atomic E-state index is 12.4. The van der Waals surface area contributed by atoms with Gasteiger partial charge in [-0.05, 0) is 44.4 Å². The smallest absolute Gasteiger partial charge is 0.328 e. The summed E-state index contributed by atoms with van der Waals surface area (Å²) in [5.41, 5.74) is 10.6. The number of fused-ring (bicyclic) bond motifs is 1. The Morgan fingerprint density at radius 2 is 1.92 bits per heavy atom. The molecule has 1 saturated carbocycles. The molecule has 2 fully saturated rings. The second-order valence-corrected chi connectivity index (χ2v) is 7.08. The van der Waals surface area contributed by atoms with Crippen molar-refractivity contribution in [3.8, 4) is 0 Å². The van der Waals surface area contributed by atoms with Crippen LogP contribution in [0.2, 0.25) is 0 Å². The summed E-state index contributed by atoms with van der Waals surface area (Å²) in [6, 6.07) is -0.585. The summed E-state index contributed by atoms with van der Waals surface area (Å²) in [5.74, 6) is -0.616. The summed E-state index contributed by atoms with van der Waals surface area (Å²) in [7, 11) is 0. The quantitative estimate of drug-likeness (QED) is 0.355. The lowest BCUT2D eigenvalue weighted by molar-refractivity contribution is -0.181. The molecular weight excluding hydrogens is 322 g/mol. The van der Waals surface area contributed by atoms with Gasteiger partial charge in [-0.2, -0.15) is 0 Å². The van der Waals surface area contributed by atoms with Crippen LogP contribution >= 0.6 is 0 Å². The predicted molar refractivity (Wildman–Crippen MR) is 95.5 cm³/mol. The third kappa shape index (κ3) is 5.07. The molecule has 1 heterocycles. The molecule has 0 aromatic heterocycles. The van der Waals surface area contributed by atoms with Crippen LogP contribution in [0.5, 0.6) is 0 Å². The number of hydrogen-bond acceptors (Lipinski definition) is 4. The Morgan fingerprint density at radius 1 is 1.24 bits per heavy atom. The second-order valence-electron chi connectivity index (χ2n) is 7.08. The maximum Gasteiger partial charge on any atom is 0.328 e. The van der Waals surface area contributed by atoms with E-state index in [0.717, 1.165) is 25.8 Å². The molecular formula is C17H31N5O3. The first kappa shape index (κ1) is 19.5. The molecule has 1 amide bonds. The number of piperidine rings is 1. The molecule has 8 nitrogen and oxygen atoms in total. The lowest BCUT2D eigenvalue weighted by atomic mass is 9.79. The van der Waals surface area contributed by atoms with Crippen molar-refractivity contribution in [2.45, 2.75) is 70.4 Å². The van der Waals surface area contributed by atoms with E-state index in [1.165, 1.54) is 31.2 Å². The maximum absolute atomic E-state index is 12.4. The Labute approximate surface area is 149 Å². The molecule has 8 heteroatoms. The normalized spacial score (nSPS) is 24.8. The Balaban J connectivity index is 2.13. The molecule has 25 heavy (non-hydrogen) atoms. The highest BCUT2D eigenvalue weighted by Crippen LogP contribution is 2.36. The van der Waals surface area contributed by atoms with Gasteiger partial charge in [0.2, 0.25) is 5.91 Å². The lowest BCUT2D eigenvalue weighted by Gasteiger charge is -2.50. The second kappa shape index (κ2) is 9.03. The summed E-state index contributed by atoms with van der Waals surface area (Å²) < 4.78 is 0. The van der Waals surface area contributed by atoms with Crippen LogP contribution in [0, 0.1) is 5.92 Å². The molecule has 2 aliphatic rings. The summed E-state index contributed by atoms with van der Waals surface area (Å²) in [4.78, 5) is 28.1. The zero-order valence-corrected chi connectivity index (χ0v) is 15.1. The predicted octanol–water partition coefficient (Wildman–Crippen LogP) is 0.911. The van der Waals surface area contributed by atoms with Gasteiger partial charge >= 0.3 is 5.97 Å². The number of guanidine groups is 1. The van der Waals surface area contributed by atoms with E-state index in [1.807, 2.05) is 0 Å². The highest BCUT2D eigenvalue weighted by atomic mass is 16.4. The summed E-state index contributed by atoms with van der Waals surface area (Å²) >= 11 is 0. The van der Waals surface area contributed by atoms with Crippen LogP contribution in [-0.4, -0.2) is 58.1 Å². The number of aliphatic carboxylic acids is 1. The molecule has 0 aromatic rings. The van der Waals surface area contributed by atoms with Crippen LogP contribution in [0.25, 0.3) is 0 Å². The Kier molecular flexibility index (Phi) is 7.04. The van der Waals surface area contributed by atoms with Crippen LogP contribution in [0.15, 0.2) is 4.99 Å². The van der Waals surface area contributed by atoms with Gasteiger partial charge in [0, 0.05) is 26.1 Å². The molecule has 1 aliphatic heterocycles. The first-order valence-electron chi connectivity index (χ1n) is 9.26. The highest BCUT2D eigenvalue weighted by molar-refractivity contribution is 5.82. The molecule has 2 rings (SSSR count). The number of nitrogens with two attached hydrogens (primary N) is 2. The highest BCUT2D eigenvalue weighted by Gasteiger charge is 2.41. The van der Waals surface area contributed by atoms with Crippen LogP contribution in [0.4, 0.5) is 0 Å². The number of hydrazine groups is 1. The monoisotopic (exact) mass is 353 g/mol.